The van der Waals surface area contributed by atoms with E-state index in [1.807, 2.05) is 0 Å². The number of hydrogen-bond donors (Lipinski definition) is 0. The van der Waals surface area contributed by atoms with Crippen LogP contribution in [0.5, 0.6) is 0 Å². The molecule has 1 aromatic heterocycles. The van der Waals surface area contributed by atoms with E-state index in [0.29, 0.717) is 12.0 Å². The van der Waals surface area contributed by atoms with Gasteiger partial charge in [-0.25, -0.2) is 0 Å². The minimum atomic E-state index is -1.97. The quantitative estimate of drug-likeness (QED) is 0.383. The van der Waals surface area contributed by atoms with Gasteiger partial charge in [-0.15, -0.1) is 0 Å². The van der Waals surface area contributed by atoms with Crippen LogP contribution in [0.2, 0.25) is 18.1 Å². The fourth-order valence-electron chi connectivity index (χ4n) is 8.06. The molecule has 0 amide bonds. The molecular formula is C27H40O5Si. The second-order valence-corrected chi connectivity index (χ2v) is 18.1. The highest BCUT2D eigenvalue weighted by Crippen LogP contribution is 2.79. The Morgan fingerprint density at radius 1 is 1.15 bits per heavy atom. The molecule has 33 heavy (non-hydrogen) atoms. The summed E-state index contributed by atoms with van der Waals surface area (Å²) in [6, 6.07) is 1.80. The van der Waals surface area contributed by atoms with Crippen LogP contribution < -0.4 is 0 Å². The number of Topliss-reactive ketones (excluding diaryl/α,β-unsaturated/α-hetero) is 1. The zero-order chi connectivity index (χ0) is 24.2. The average Bonchev–Trinajstić information content (AvgIpc) is 3.08. The molecule has 0 aromatic carbocycles. The van der Waals surface area contributed by atoms with Gasteiger partial charge in [0.25, 0.3) is 0 Å². The van der Waals surface area contributed by atoms with E-state index in [9.17, 15) is 9.59 Å². The summed E-state index contributed by atoms with van der Waals surface area (Å²) in [5, 5.41) is 0.138. The number of fused-ring (bicyclic) bond motifs is 7. The van der Waals surface area contributed by atoms with Crippen molar-refractivity contribution < 1.29 is 23.2 Å². The molecule has 5 rings (SSSR count). The molecule has 0 aliphatic heterocycles. The first-order chi connectivity index (χ1) is 15.2. The van der Waals surface area contributed by atoms with E-state index < -0.39 is 13.7 Å². The normalized spacial score (nSPS) is 42.0. The molecule has 182 valence electrons. The molecule has 0 spiro atoms. The monoisotopic (exact) mass is 472 g/mol. The van der Waals surface area contributed by atoms with Gasteiger partial charge < -0.3 is 13.6 Å². The van der Waals surface area contributed by atoms with Crippen LogP contribution in [0, 0.1) is 22.7 Å². The lowest BCUT2D eigenvalue weighted by Crippen LogP contribution is -2.63. The van der Waals surface area contributed by atoms with Crippen molar-refractivity contribution in [2.75, 3.05) is 7.11 Å². The number of methoxy groups -OCH3 is 1. The molecule has 0 radical (unpaired) electrons. The Hall–Kier alpha value is -1.40. The van der Waals surface area contributed by atoms with Gasteiger partial charge in [-0.2, -0.15) is 0 Å². The molecular weight excluding hydrogens is 432 g/mol. The van der Waals surface area contributed by atoms with Crippen molar-refractivity contribution in [2.24, 2.45) is 22.7 Å². The fourth-order valence-corrected chi connectivity index (χ4v) is 9.75. The van der Waals surface area contributed by atoms with Crippen molar-refractivity contribution in [1.82, 2.24) is 0 Å². The van der Waals surface area contributed by atoms with Gasteiger partial charge in [0, 0.05) is 17.3 Å². The number of carbonyl (C=O) groups excluding carboxylic acids is 2. The molecule has 0 unspecified atom stereocenters. The van der Waals surface area contributed by atoms with Crippen LogP contribution in [-0.2, 0) is 19.4 Å². The minimum Gasteiger partial charge on any atom is -0.469 e. The molecule has 1 heterocycles. The van der Waals surface area contributed by atoms with Crippen molar-refractivity contribution in [3.8, 4) is 0 Å². The topological polar surface area (TPSA) is 65.7 Å². The lowest BCUT2D eigenvalue weighted by Gasteiger charge is -2.61. The summed E-state index contributed by atoms with van der Waals surface area (Å²) in [4.78, 5) is 26.9. The summed E-state index contributed by atoms with van der Waals surface area (Å²) in [5.74, 6) is 0.783. The molecule has 6 atom stereocenters. The smallest absolute Gasteiger partial charge is 0.312 e. The van der Waals surface area contributed by atoms with Crippen LogP contribution in [-0.4, -0.2) is 32.8 Å². The molecule has 5 nitrogen and oxygen atoms in total. The molecule has 4 aliphatic rings. The summed E-state index contributed by atoms with van der Waals surface area (Å²) in [5.41, 5.74) is -0.518. The first kappa shape index (κ1) is 23.3. The van der Waals surface area contributed by atoms with E-state index in [1.54, 1.807) is 12.3 Å². The van der Waals surface area contributed by atoms with Crippen molar-refractivity contribution in [2.45, 2.75) is 102 Å². The van der Waals surface area contributed by atoms with Gasteiger partial charge in [0.1, 0.15) is 5.76 Å². The molecule has 0 saturated heterocycles. The third-order valence-corrected chi connectivity index (χ3v) is 15.5. The number of rotatable bonds is 3. The van der Waals surface area contributed by atoms with Gasteiger partial charge in [0.15, 0.2) is 14.1 Å². The van der Waals surface area contributed by atoms with E-state index in [4.69, 9.17) is 13.6 Å². The molecule has 1 aromatic rings. The van der Waals surface area contributed by atoms with Crippen molar-refractivity contribution in [3.63, 3.8) is 0 Å². The highest BCUT2D eigenvalue weighted by molar-refractivity contribution is 6.74. The lowest BCUT2D eigenvalue weighted by atomic mass is 9.42. The summed E-state index contributed by atoms with van der Waals surface area (Å²) in [6.07, 6.45) is 6.44. The van der Waals surface area contributed by atoms with Gasteiger partial charge in [-0.3, -0.25) is 9.59 Å². The van der Waals surface area contributed by atoms with Crippen molar-refractivity contribution in [1.29, 1.82) is 0 Å². The number of ether oxygens (including phenoxy) is 1. The van der Waals surface area contributed by atoms with E-state index >= 15 is 0 Å². The van der Waals surface area contributed by atoms with Gasteiger partial charge in [-0.1, -0.05) is 34.6 Å². The van der Waals surface area contributed by atoms with Gasteiger partial charge >= 0.3 is 5.97 Å². The number of esters is 1. The number of furan rings is 1. The van der Waals surface area contributed by atoms with Crippen LogP contribution in [0.3, 0.4) is 0 Å². The fraction of sp³-hybridized carbons (Fsp3) is 0.778. The molecule has 6 heteroatoms. The van der Waals surface area contributed by atoms with E-state index in [0.717, 1.165) is 37.9 Å². The number of hydrogen-bond acceptors (Lipinski definition) is 5. The van der Waals surface area contributed by atoms with Crippen LogP contribution in [0.25, 0.3) is 0 Å². The predicted molar refractivity (Wildman–Crippen MR) is 129 cm³/mol. The zero-order valence-electron chi connectivity index (χ0n) is 21.6. The van der Waals surface area contributed by atoms with Gasteiger partial charge in [0.05, 0.1) is 30.0 Å². The minimum absolute atomic E-state index is 0.0667. The molecule has 3 fully saturated rings. The standard InChI is InChI=1S/C27H40O5Si/c1-23(2,3)33(7,8)32-26-12-13-27(22(29)30-6)19(25(26,5)16-26)9-11-24(4)20(27)15-18(28)17-10-14-31-21(17)24/h10,14,19-20H,9,11-13,15-16H2,1-8H3/t19-,20-,24+,25-,26+,27+/m0/s1. The predicted octanol–water partition coefficient (Wildman–Crippen LogP) is 6.27. The second-order valence-electron chi connectivity index (χ2n) is 13.3. The van der Waals surface area contributed by atoms with Gasteiger partial charge in [-0.05, 0) is 68.1 Å². The van der Waals surface area contributed by atoms with E-state index in [-0.39, 0.29) is 45.1 Å². The SMILES string of the molecule is COC(=O)[C@]12CC[C@@]3(O[Si](C)(C)C(C)(C)C)C[C@@]3(C)[C@@H]1CC[C@@]1(C)c3occc3C(=O)C[C@H]21. The Morgan fingerprint density at radius 3 is 2.48 bits per heavy atom. The first-order valence-electron chi connectivity index (χ1n) is 12.6. The van der Waals surface area contributed by atoms with Crippen molar-refractivity contribution in [3.05, 3.63) is 23.7 Å². The molecule has 3 saturated carbocycles. The third-order valence-electron chi connectivity index (χ3n) is 10.9. The summed E-state index contributed by atoms with van der Waals surface area (Å²) in [7, 11) is -0.464. The Labute approximate surface area is 199 Å². The number of ketones is 1. The maximum Gasteiger partial charge on any atom is 0.312 e. The van der Waals surface area contributed by atoms with Crippen molar-refractivity contribution >= 4 is 20.1 Å². The highest BCUT2D eigenvalue weighted by atomic mass is 28.4. The highest BCUT2D eigenvalue weighted by Gasteiger charge is 2.80. The summed E-state index contributed by atoms with van der Waals surface area (Å²) in [6.45, 7) is 16.1. The zero-order valence-corrected chi connectivity index (χ0v) is 22.6. The Kier molecular flexibility index (Phi) is 4.69. The summed E-state index contributed by atoms with van der Waals surface area (Å²) < 4.78 is 18.6. The van der Waals surface area contributed by atoms with Crippen LogP contribution in [0.4, 0.5) is 0 Å². The second kappa shape index (κ2) is 6.63. The Balaban J connectivity index is 1.58. The maximum absolute atomic E-state index is 13.7. The Morgan fingerprint density at radius 2 is 1.85 bits per heavy atom. The largest absolute Gasteiger partial charge is 0.469 e. The van der Waals surface area contributed by atoms with Crippen LogP contribution in [0.15, 0.2) is 16.7 Å². The van der Waals surface area contributed by atoms with E-state index in [2.05, 4.69) is 47.7 Å². The lowest BCUT2D eigenvalue weighted by molar-refractivity contribution is -0.185. The Bertz CT molecular complexity index is 1020. The average molecular weight is 473 g/mol. The van der Waals surface area contributed by atoms with E-state index in [1.165, 1.54) is 7.11 Å². The van der Waals surface area contributed by atoms with Gasteiger partial charge in [0.2, 0.25) is 0 Å². The first-order valence-corrected chi connectivity index (χ1v) is 15.5. The summed E-state index contributed by atoms with van der Waals surface area (Å²) >= 11 is 0. The maximum atomic E-state index is 13.7. The van der Waals surface area contributed by atoms with Crippen LogP contribution >= 0.6 is 0 Å². The molecule has 4 aliphatic carbocycles. The molecule has 0 bridgehead atoms. The van der Waals surface area contributed by atoms with Crippen LogP contribution in [0.1, 0.15) is 89.3 Å². The third kappa shape index (κ3) is 2.74. The molecule has 0 N–H and O–H groups in total. The number of carbonyl (C=O) groups is 2.